The van der Waals surface area contributed by atoms with Crippen molar-refractivity contribution < 1.29 is 9.90 Å². The number of carbonyl (C=O) groups is 1. The number of rotatable bonds is 4. The molecule has 27 heavy (non-hydrogen) atoms. The second-order valence-corrected chi connectivity index (χ2v) is 7.50. The van der Waals surface area contributed by atoms with Crippen molar-refractivity contribution in [3.05, 3.63) is 24.3 Å². The number of carbonyl (C=O) groups excluding carboxylic acids is 1. The lowest BCUT2D eigenvalue weighted by Gasteiger charge is -2.38. The first-order chi connectivity index (χ1) is 12.9. The van der Waals surface area contributed by atoms with Crippen LogP contribution in [-0.2, 0) is 4.79 Å². The van der Waals surface area contributed by atoms with Crippen LogP contribution in [0.4, 0.5) is 5.69 Å². The monoisotopic (exact) mass is 368 g/mol. The molecule has 8 nitrogen and oxygen atoms in total. The van der Waals surface area contributed by atoms with Gasteiger partial charge in [-0.1, -0.05) is 20.8 Å². The first-order valence-electron chi connectivity index (χ1n) is 9.14. The van der Waals surface area contributed by atoms with Gasteiger partial charge in [0, 0.05) is 31.5 Å². The van der Waals surface area contributed by atoms with Gasteiger partial charge in [-0.25, -0.2) is 9.97 Å². The summed E-state index contributed by atoms with van der Waals surface area (Å²) in [6, 6.07) is 1.96. The van der Waals surface area contributed by atoms with E-state index in [-0.39, 0.29) is 23.6 Å². The van der Waals surface area contributed by atoms with Gasteiger partial charge in [0.25, 0.3) is 0 Å². The Kier molecular flexibility index (Phi) is 5.51. The van der Waals surface area contributed by atoms with Crippen molar-refractivity contribution in [2.45, 2.75) is 39.3 Å². The Morgan fingerprint density at radius 1 is 1.30 bits per heavy atom. The second-order valence-electron chi connectivity index (χ2n) is 7.50. The lowest BCUT2D eigenvalue weighted by Crippen LogP contribution is -2.53. The number of aliphatic hydroxyl groups is 1. The van der Waals surface area contributed by atoms with Crippen LogP contribution in [-0.4, -0.2) is 51.2 Å². The highest BCUT2D eigenvalue weighted by atomic mass is 16.3. The highest BCUT2D eigenvalue weighted by Crippen LogP contribution is 2.28. The molecule has 1 aliphatic heterocycles. The fraction of sp³-hybridized carbons (Fsp3) is 0.526. The average Bonchev–Trinajstić information content (AvgIpc) is 2.65. The summed E-state index contributed by atoms with van der Waals surface area (Å²) in [5.41, 5.74) is 2.15. The third kappa shape index (κ3) is 3.98. The number of nitrogens with one attached hydrogen (secondary N) is 1. The van der Waals surface area contributed by atoms with Crippen LogP contribution in [0.15, 0.2) is 18.6 Å². The van der Waals surface area contributed by atoms with Crippen LogP contribution in [0.25, 0.3) is 11.0 Å². The minimum atomic E-state index is -1.01. The van der Waals surface area contributed by atoms with Gasteiger partial charge in [0.1, 0.15) is 23.2 Å². The lowest BCUT2D eigenvalue weighted by molar-refractivity contribution is -0.132. The van der Waals surface area contributed by atoms with Crippen LogP contribution in [0.1, 0.15) is 32.9 Å². The molecule has 8 heteroatoms. The number of aliphatic hydroxyl groups excluding tert-OH is 1. The van der Waals surface area contributed by atoms with Crippen LogP contribution in [0.3, 0.4) is 0 Å². The van der Waals surface area contributed by atoms with Crippen molar-refractivity contribution in [3.8, 4) is 6.07 Å². The third-order valence-corrected chi connectivity index (χ3v) is 4.83. The molecule has 0 saturated carbocycles. The summed E-state index contributed by atoms with van der Waals surface area (Å²) in [4.78, 5) is 27.3. The number of anilines is 1. The molecule has 1 aliphatic rings. The minimum Gasteiger partial charge on any atom is -0.383 e. The molecular weight excluding hydrogens is 344 g/mol. The number of piperidine rings is 1. The number of pyridine rings is 1. The third-order valence-electron chi connectivity index (χ3n) is 4.83. The molecule has 2 aromatic rings. The maximum atomic E-state index is 12.2. The summed E-state index contributed by atoms with van der Waals surface area (Å²) >= 11 is 0. The number of fused-ring (bicyclic) bond motifs is 1. The van der Waals surface area contributed by atoms with Crippen molar-refractivity contribution >= 4 is 22.6 Å². The lowest BCUT2D eigenvalue weighted by atomic mass is 9.94. The molecule has 0 aromatic carbocycles. The fourth-order valence-corrected chi connectivity index (χ4v) is 3.50. The molecule has 3 rings (SSSR count). The van der Waals surface area contributed by atoms with E-state index in [2.05, 4.69) is 32.1 Å². The van der Waals surface area contributed by atoms with Gasteiger partial charge >= 0.3 is 0 Å². The van der Waals surface area contributed by atoms with Crippen LogP contribution in [0.5, 0.6) is 0 Å². The summed E-state index contributed by atoms with van der Waals surface area (Å²) < 4.78 is 0. The summed E-state index contributed by atoms with van der Waals surface area (Å²) in [5.74, 6) is -0.140. The first kappa shape index (κ1) is 19.0. The van der Waals surface area contributed by atoms with Crippen molar-refractivity contribution in [3.63, 3.8) is 0 Å². The topological polar surface area (TPSA) is 115 Å². The van der Waals surface area contributed by atoms with E-state index in [1.54, 1.807) is 18.6 Å². The van der Waals surface area contributed by atoms with E-state index >= 15 is 0 Å². The van der Waals surface area contributed by atoms with Crippen LogP contribution in [0, 0.1) is 23.2 Å². The highest BCUT2D eigenvalue weighted by molar-refractivity contribution is 5.90. The molecule has 0 bridgehead atoms. The smallest absolute Gasteiger partial charge is 0.249 e. The Hall–Kier alpha value is -2.79. The van der Waals surface area contributed by atoms with Gasteiger partial charge in [-0.15, -0.1) is 0 Å². The van der Waals surface area contributed by atoms with E-state index < -0.39 is 6.10 Å². The number of amides is 1. The number of aromatic nitrogens is 3. The van der Waals surface area contributed by atoms with Crippen molar-refractivity contribution in [1.29, 1.82) is 5.26 Å². The Morgan fingerprint density at radius 3 is 2.67 bits per heavy atom. The Morgan fingerprint density at radius 2 is 2.00 bits per heavy atom. The summed E-state index contributed by atoms with van der Waals surface area (Å²) in [5, 5.41) is 22.2. The number of hydrogen-bond donors (Lipinski definition) is 2. The second kappa shape index (κ2) is 7.84. The van der Waals surface area contributed by atoms with E-state index in [0.29, 0.717) is 23.5 Å². The molecule has 0 aliphatic carbocycles. The quantitative estimate of drug-likeness (QED) is 0.834. The summed E-state index contributed by atoms with van der Waals surface area (Å²) in [6.45, 7) is 7.12. The molecule has 1 fully saturated rings. The zero-order chi connectivity index (χ0) is 19.6. The SMILES string of the molecule is CC(C)C(O)C(=O)N[C@@H]1C[C@H](C)CN(c2cnc(C#N)c3nccnc23)C1. The molecule has 3 atom stereocenters. The largest absolute Gasteiger partial charge is 0.383 e. The molecule has 2 aromatic heterocycles. The van der Waals surface area contributed by atoms with Crippen molar-refractivity contribution in [2.75, 3.05) is 18.0 Å². The van der Waals surface area contributed by atoms with Crippen molar-refractivity contribution in [1.82, 2.24) is 20.3 Å². The fourth-order valence-electron chi connectivity index (χ4n) is 3.50. The van der Waals surface area contributed by atoms with E-state index in [0.717, 1.165) is 18.7 Å². The number of hydrogen-bond acceptors (Lipinski definition) is 7. The molecule has 142 valence electrons. The predicted molar refractivity (Wildman–Crippen MR) is 101 cm³/mol. The Labute approximate surface area is 158 Å². The molecule has 1 amide bonds. The minimum absolute atomic E-state index is 0.0861. The zero-order valence-corrected chi connectivity index (χ0v) is 15.8. The van der Waals surface area contributed by atoms with Gasteiger partial charge in [-0.3, -0.25) is 9.78 Å². The molecule has 3 heterocycles. The van der Waals surface area contributed by atoms with Crippen LogP contribution < -0.4 is 10.2 Å². The van der Waals surface area contributed by atoms with Gasteiger partial charge in [0.05, 0.1) is 11.9 Å². The molecular formula is C19H24N6O2. The predicted octanol–water partition coefficient (Wildman–Crippen LogP) is 1.24. The zero-order valence-electron chi connectivity index (χ0n) is 15.8. The van der Waals surface area contributed by atoms with E-state index in [1.807, 2.05) is 19.9 Å². The maximum absolute atomic E-state index is 12.2. The molecule has 1 saturated heterocycles. The number of nitrogens with zero attached hydrogens (tertiary/aromatic N) is 5. The summed E-state index contributed by atoms with van der Waals surface area (Å²) in [6.07, 6.45) is 4.61. The van der Waals surface area contributed by atoms with E-state index in [1.165, 1.54) is 0 Å². The average molecular weight is 368 g/mol. The standard InChI is InChI=1S/C19H24N6O2/c1-11(2)18(26)19(27)24-13-6-12(3)9-25(10-13)15-8-23-14(7-20)16-17(15)22-5-4-21-16/h4-5,8,11-13,18,26H,6,9-10H2,1-3H3,(H,24,27)/t12-,13+,18?/m0/s1. The van der Waals surface area contributed by atoms with Crippen LogP contribution >= 0.6 is 0 Å². The normalized spacial score (nSPS) is 21.1. The van der Waals surface area contributed by atoms with Crippen LogP contribution in [0.2, 0.25) is 0 Å². The van der Waals surface area contributed by atoms with Gasteiger partial charge in [-0.05, 0) is 18.3 Å². The summed E-state index contributed by atoms with van der Waals surface area (Å²) in [7, 11) is 0. The number of nitriles is 1. The van der Waals surface area contributed by atoms with Gasteiger partial charge in [0.15, 0.2) is 5.69 Å². The Bertz CT molecular complexity index is 878. The van der Waals surface area contributed by atoms with E-state index in [9.17, 15) is 15.2 Å². The highest BCUT2D eigenvalue weighted by Gasteiger charge is 2.30. The molecule has 1 unspecified atom stereocenters. The first-order valence-corrected chi connectivity index (χ1v) is 9.14. The molecule has 2 N–H and O–H groups in total. The van der Waals surface area contributed by atoms with Crippen molar-refractivity contribution in [2.24, 2.45) is 11.8 Å². The van der Waals surface area contributed by atoms with Gasteiger partial charge in [-0.2, -0.15) is 5.26 Å². The maximum Gasteiger partial charge on any atom is 0.249 e. The molecule has 0 radical (unpaired) electrons. The molecule has 0 spiro atoms. The Balaban J connectivity index is 1.86. The van der Waals surface area contributed by atoms with Gasteiger partial charge in [0.2, 0.25) is 5.91 Å². The van der Waals surface area contributed by atoms with E-state index in [4.69, 9.17) is 0 Å². The van der Waals surface area contributed by atoms with Gasteiger partial charge < -0.3 is 15.3 Å².